The number of nitrogens with one attached hydrogen (secondary N) is 1. The quantitative estimate of drug-likeness (QED) is 0.613. The summed E-state index contributed by atoms with van der Waals surface area (Å²) in [5.41, 5.74) is 0.623. The molecular formula is C12H13NO4. The molecule has 0 saturated carbocycles. The first kappa shape index (κ1) is 12.9. The van der Waals surface area contributed by atoms with E-state index in [0.29, 0.717) is 5.69 Å². The lowest BCUT2D eigenvalue weighted by molar-refractivity contribution is -0.146. The zero-order valence-corrected chi connectivity index (χ0v) is 9.43. The third kappa shape index (κ3) is 5.46. The van der Waals surface area contributed by atoms with E-state index in [1.165, 1.54) is 6.92 Å². The fourth-order valence-electron chi connectivity index (χ4n) is 1.14. The van der Waals surface area contributed by atoms with E-state index in [2.05, 4.69) is 10.1 Å². The number of para-hydroxylation sites is 1. The van der Waals surface area contributed by atoms with Crippen molar-refractivity contribution in [1.82, 2.24) is 0 Å². The lowest BCUT2D eigenvalue weighted by atomic mass is 10.2. The number of hydrogen-bond acceptors (Lipinski definition) is 4. The van der Waals surface area contributed by atoms with Crippen molar-refractivity contribution < 1.29 is 19.1 Å². The highest BCUT2D eigenvalue weighted by molar-refractivity contribution is 6.04. The van der Waals surface area contributed by atoms with Crippen LogP contribution in [0.3, 0.4) is 0 Å². The molecule has 90 valence electrons. The number of benzene rings is 1. The van der Waals surface area contributed by atoms with Gasteiger partial charge in [-0.25, -0.2) is 0 Å². The molecule has 1 rings (SSSR count). The van der Waals surface area contributed by atoms with Crippen LogP contribution in [-0.4, -0.2) is 24.3 Å². The second-order valence-electron chi connectivity index (χ2n) is 3.41. The number of amides is 1. The molecule has 5 heteroatoms. The van der Waals surface area contributed by atoms with E-state index in [1.54, 1.807) is 24.3 Å². The van der Waals surface area contributed by atoms with Crippen molar-refractivity contribution in [3.8, 4) is 0 Å². The topological polar surface area (TPSA) is 72.5 Å². The summed E-state index contributed by atoms with van der Waals surface area (Å²) >= 11 is 0. The molecule has 0 bridgehead atoms. The Hall–Kier alpha value is -2.17. The SMILES string of the molecule is CC(=O)OCC(=O)CC(=O)Nc1ccccc1. The molecule has 1 amide bonds. The van der Waals surface area contributed by atoms with Gasteiger partial charge in [-0.1, -0.05) is 18.2 Å². The van der Waals surface area contributed by atoms with Crippen LogP contribution in [0.5, 0.6) is 0 Å². The summed E-state index contributed by atoms with van der Waals surface area (Å²) in [6.45, 7) is 0.842. The Bertz CT molecular complexity index is 414. The monoisotopic (exact) mass is 235 g/mol. The molecule has 0 aliphatic carbocycles. The summed E-state index contributed by atoms with van der Waals surface area (Å²) < 4.78 is 4.49. The molecular weight excluding hydrogens is 222 g/mol. The van der Waals surface area contributed by atoms with Gasteiger partial charge in [0.2, 0.25) is 5.91 Å². The van der Waals surface area contributed by atoms with Gasteiger partial charge in [-0.05, 0) is 12.1 Å². The van der Waals surface area contributed by atoms with Gasteiger partial charge in [-0.15, -0.1) is 0 Å². The molecule has 0 aliphatic rings. The minimum absolute atomic E-state index is 0.303. The maximum atomic E-state index is 11.4. The number of ketones is 1. The normalized spacial score (nSPS) is 9.47. The molecule has 0 heterocycles. The van der Waals surface area contributed by atoms with Crippen molar-refractivity contribution in [2.24, 2.45) is 0 Å². The third-order valence-electron chi connectivity index (χ3n) is 1.85. The summed E-state index contributed by atoms with van der Waals surface area (Å²) in [6.07, 6.45) is -0.303. The molecule has 0 unspecified atom stereocenters. The second-order valence-corrected chi connectivity index (χ2v) is 3.41. The van der Waals surface area contributed by atoms with E-state index in [0.717, 1.165) is 0 Å². The van der Waals surface area contributed by atoms with Crippen molar-refractivity contribution in [2.45, 2.75) is 13.3 Å². The van der Waals surface area contributed by atoms with Crippen molar-refractivity contribution in [1.29, 1.82) is 0 Å². The molecule has 1 aromatic carbocycles. The van der Waals surface area contributed by atoms with E-state index >= 15 is 0 Å². The Morgan fingerprint density at radius 1 is 1.18 bits per heavy atom. The van der Waals surface area contributed by atoms with Gasteiger partial charge in [0.25, 0.3) is 0 Å². The van der Waals surface area contributed by atoms with Crippen molar-refractivity contribution in [2.75, 3.05) is 11.9 Å². The zero-order valence-electron chi connectivity index (χ0n) is 9.43. The van der Waals surface area contributed by atoms with Crippen LogP contribution in [0.2, 0.25) is 0 Å². The zero-order chi connectivity index (χ0) is 12.7. The number of carbonyl (C=O) groups excluding carboxylic acids is 3. The van der Waals surface area contributed by atoms with Crippen molar-refractivity contribution >= 4 is 23.3 Å². The maximum absolute atomic E-state index is 11.4. The van der Waals surface area contributed by atoms with E-state index in [4.69, 9.17) is 0 Å². The maximum Gasteiger partial charge on any atom is 0.303 e. The summed E-state index contributed by atoms with van der Waals surface area (Å²) in [5, 5.41) is 2.56. The summed E-state index contributed by atoms with van der Waals surface area (Å²) in [5.74, 6) is -1.40. The van der Waals surface area contributed by atoms with E-state index < -0.39 is 17.7 Å². The number of rotatable bonds is 5. The first-order valence-corrected chi connectivity index (χ1v) is 5.08. The van der Waals surface area contributed by atoms with Crippen molar-refractivity contribution in [3.05, 3.63) is 30.3 Å². The Balaban J connectivity index is 2.35. The van der Waals surface area contributed by atoms with Crippen LogP contribution >= 0.6 is 0 Å². The number of anilines is 1. The molecule has 0 spiro atoms. The largest absolute Gasteiger partial charge is 0.458 e. The standard InChI is InChI=1S/C12H13NO4/c1-9(14)17-8-11(15)7-12(16)13-10-5-3-2-4-6-10/h2-6H,7-8H2,1H3,(H,13,16). The predicted molar refractivity (Wildman–Crippen MR) is 61.3 cm³/mol. The number of hydrogen-bond donors (Lipinski definition) is 1. The van der Waals surface area contributed by atoms with Gasteiger partial charge in [0.15, 0.2) is 5.78 Å². The van der Waals surface area contributed by atoms with Crippen molar-refractivity contribution in [3.63, 3.8) is 0 Å². The Labute approximate surface area is 98.8 Å². The van der Waals surface area contributed by atoms with Gasteiger partial charge in [0.05, 0.1) is 6.42 Å². The van der Waals surface area contributed by atoms with E-state index in [1.807, 2.05) is 6.07 Å². The Morgan fingerprint density at radius 2 is 1.82 bits per heavy atom. The average molecular weight is 235 g/mol. The Morgan fingerprint density at radius 3 is 2.41 bits per heavy atom. The summed E-state index contributed by atoms with van der Waals surface area (Å²) in [6, 6.07) is 8.80. The lowest BCUT2D eigenvalue weighted by Crippen LogP contribution is -2.20. The Kier molecular flexibility index (Phi) is 4.87. The third-order valence-corrected chi connectivity index (χ3v) is 1.85. The minimum atomic E-state index is -0.540. The predicted octanol–water partition coefficient (Wildman–Crippen LogP) is 1.15. The fourth-order valence-corrected chi connectivity index (χ4v) is 1.14. The molecule has 0 radical (unpaired) electrons. The van der Waals surface area contributed by atoms with Crippen LogP contribution in [0.15, 0.2) is 30.3 Å². The van der Waals surface area contributed by atoms with Crippen LogP contribution in [-0.2, 0) is 19.1 Å². The average Bonchev–Trinajstić information content (AvgIpc) is 2.27. The van der Waals surface area contributed by atoms with Gasteiger partial charge in [-0.2, -0.15) is 0 Å². The first-order valence-electron chi connectivity index (χ1n) is 5.08. The van der Waals surface area contributed by atoms with Crippen LogP contribution in [0.1, 0.15) is 13.3 Å². The molecule has 1 aromatic rings. The lowest BCUT2D eigenvalue weighted by Gasteiger charge is -2.04. The number of ether oxygens (including phenoxy) is 1. The molecule has 1 N–H and O–H groups in total. The van der Waals surface area contributed by atoms with E-state index in [9.17, 15) is 14.4 Å². The van der Waals surface area contributed by atoms with Gasteiger partial charge in [0.1, 0.15) is 6.61 Å². The fraction of sp³-hybridized carbons (Fsp3) is 0.250. The summed E-state index contributed by atoms with van der Waals surface area (Å²) in [4.78, 5) is 33.1. The molecule has 0 fully saturated rings. The molecule has 0 saturated heterocycles. The molecule has 0 atom stereocenters. The van der Waals surface area contributed by atoms with Crippen LogP contribution < -0.4 is 5.32 Å². The highest BCUT2D eigenvalue weighted by Gasteiger charge is 2.10. The molecule has 0 aromatic heterocycles. The number of carbonyl (C=O) groups is 3. The second kappa shape index (κ2) is 6.42. The number of Topliss-reactive ketones (excluding diaryl/α,β-unsaturated/α-hetero) is 1. The van der Waals surface area contributed by atoms with Gasteiger partial charge < -0.3 is 10.1 Å². The highest BCUT2D eigenvalue weighted by atomic mass is 16.5. The van der Waals surface area contributed by atoms with Crippen LogP contribution in [0.4, 0.5) is 5.69 Å². The van der Waals surface area contributed by atoms with Gasteiger partial charge in [-0.3, -0.25) is 14.4 Å². The number of esters is 1. The minimum Gasteiger partial charge on any atom is -0.458 e. The summed E-state index contributed by atoms with van der Waals surface area (Å²) in [7, 11) is 0. The van der Waals surface area contributed by atoms with E-state index in [-0.39, 0.29) is 13.0 Å². The molecule has 5 nitrogen and oxygen atoms in total. The van der Waals surface area contributed by atoms with Gasteiger partial charge in [0, 0.05) is 12.6 Å². The first-order chi connectivity index (χ1) is 8.08. The molecule has 17 heavy (non-hydrogen) atoms. The van der Waals surface area contributed by atoms with Gasteiger partial charge >= 0.3 is 5.97 Å². The van der Waals surface area contributed by atoms with Crippen LogP contribution in [0, 0.1) is 0 Å². The highest BCUT2D eigenvalue weighted by Crippen LogP contribution is 2.05. The smallest absolute Gasteiger partial charge is 0.303 e. The molecule has 0 aliphatic heterocycles. The van der Waals surface area contributed by atoms with Crippen LogP contribution in [0.25, 0.3) is 0 Å².